The van der Waals surface area contributed by atoms with Crippen LogP contribution in [0.1, 0.15) is 5.56 Å². The third-order valence-electron chi connectivity index (χ3n) is 2.55. The molecule has 0 aliphatic heterocycles. The van der Waals surface area contributed by atoms with E-state index in [2.05, 4.69) is 38.4 Å². The summed E-state index contributed by atoms with van der Waals surface area (Å²) in [6, 6.07) is 10.3. The van der Waals surface area contributed by atoms with Gasteiger partial charge in [0.15, 0.2) is 0 Å². The van der Waals surface area contributed by atoms with Crippen LogP contribution in [0, 0.1) is 0 Å². The molecule has 0 radical (unpaired) electrons. The van der Waals surface area contributed by atoms with Crippen LogP contribution in [-0.2, 0) is 0 Å². The minimum atomic E-state index is -1.48. The Bertz CT molecular complexity index is 385. The van der Waals surface area contributed by atoms with E-state index in [9.17, 15) is 5.11 Å². The van der Waals surface area contributed by atoms with Crippen LogP contribution in [0.15, 0.2) is 48.6 Å². The van der Waals surface area contributed by atoms with Crippen molar-refractivity contribution in [3.63, 3.8) is 0 Å². The highest BCUT2D eigenvalue weighted by molar-refractivity contribution is 6.93. The van der Waals surface area contributed by atoms with Crippen molar-refractivity contribution in [1.82, 2.24) is 0 Å². The number of aliphatic hydroxyl groups is 1. The average Bonchev–Trinajstić information content (AvgIpc) is 2.25. The Kier molecular flexibility index (Phi) is 4.27. The van der Waals surface area contributed by atoms with Gasteiger partial charge in [-0.15, -0.1) is 0 Å². The molecule has 0 spiro atoms. The van der Waals surface area contributed by atoms with Gasteiger partial charge in [-0.25, -0.2) is 0 Å². The molecule has 0 unspecified atom stereocenters. The predicted octanol–water partition coefficient (Wildman–Crippen LogP) is 3.50. The summed E-state index contributed by atoms with van der Waals surface area (Å²) in [6.07, 6.45) is 1.78. The SMILES string of the molecule is C=C/C(CO)=C(\c1ccccc1)[Si](C)(C)C. The summed E-state index contributed by atoms with van der Waals surface area (Å²) in [5, 5.41) is 10.7. The zero-order valence-electron chi connectivity index (χ0n) is 10.3. The van der Waals surface area contributed by atoms with Gasteiger partial charge in [0.1, 0.15) is 0 Å². The fourth-order valence-corrected chi connectivity index (χ4v) is 4.13. The number of aliphatic hydroxyl groups excluding tert-OH is 1. The first-order chi connectivity index (χ1) is 7.50. The van der Waals surface area contributed by atoms with Gasteiger partial charge >= 0.3 is 0 Å². The van der Waals surface area contributed by atoms with E-state index in [1.165, 1.54) is 10.8 Å². The number of benzene rings is 1. The Morgan fingerprint density at radius 2 is 1.81 bits per heavy atom. The third kappa shape index (κ3) is 2.94. The van der Waals surface area contributed by atoms with Crippen molar-refractivity contribution in [2.45, 2.75) is 19.6 Å². The van der Waals surface area contributed by atoms with Crippen LogP contribution in [-0.4, -0.2) is 19.8 Å². The van der Waals surface area contributed by atoms with Gasteiger partial charge in [-0.1, -0.05) is 62.6 Å². The lowest BCUT2D eigenvalue weighted by atomic mass is 10.1. The fraction of sp³-hybridized carbons (Fsp3) is 0.286. The maximum atomic E-state index is 9.41. The lowest BCUT2D eigenvalue weighted by Crippen LogP contribution is -2.25. The van der Waals surface area contributed by atoms with E-state index in [1.807, 2.05) is 18.2 Å². The van der Waals surface area contributed by atoms with E-state index < -0.39 is 8.07 Å². The molecule has 0 aromatic heterocycles. The third-order valence-corrected chi connectivity index (χ3v) is 4.66. The van der Waals surface area contributed by atoms with Gasteiger partial charge in [0.2, 0.25) is 0 Å². The van der Waals surface area contributed by atoms with Crippen molar-refractivity contribution in [3.8, 4) is 0 Å². The molecular formula is C14H20OSi. The molecule has 0 amide bonds. The Morgan fingerprint density at radius 1 is 1.25 bits per heavy atom. The van der Waals surface area contributed by atoms with Crippen molar-refractivity contribution in [3.05, 3.63) is 54.1 Å². The second-order valence-electron chi connectivity index (χ2n) is 4.88. The summed E-state index contributed by atoms with van der Waals surface area (Å²) in [4.78, 5) is 0. The van der Waals surface area contributed by atoms with Crippen LogP contribution < -0.4 is 0 Å². The van der Waals surface area contributed by atoms with Crippen LogP contribution in [0.4, 0.5) is 0 Å². The molecule has 1 nitrogen and oxygen atoms in total. The first kappa shape index (κ1) is 12.9. The Balaban J connectivity index is 3.39. The maximum Gasteiger partial charge on any atom is 0.0788 e. The molecule has 0 saturated heterocycles. The van der Waals surface area contributed by atoms with Gasteiger partial charge in [0, 0.05) is 0 Å². The molecule has 1 N–H and O–H groups in total. The molecular weight excluding hydrogens is 212 g/mol. The molecule has 1 rings (SSSR count). The summed E-state index contributed by atoms with van der Waals surface area (Å²) >= 11 is 0. The number of hydrogen-bond acceptors (Lipinski definition) is 1. The number of hydrogen-bond donors (Lipinski definition) is 1. The highest BCUT2D eigenvalue weighted by Crippen LogP contribution is 2.29. The van der Waals surface area contributed by atoms with Gasteiger partial charge < -0.3 is 5.11 Å². The molecule has 0 bridgehead atoms. The zero-order valence-corrected chi connectivity index (χ0v) is 11.3. The quantitative estimate of drug-likeness (QED) is 0.622. The average molecular weight is 232 g/mol. The molecule has 0 heterocycles. The van der Waals surface area contributed by atoms with E-state index in [-0.39, 0.29) is 6.61 Å². The molecule has 2 heteroatoms. The van der Waals surface area contributed by atoms with E-state index in [0.717, 1.165) is 5.57 Å². The minimum absolute atomic E-state index is 0.0675. The van der Waals surface area contributed by atoms with Crippen LogP contribution in [0.5, 0.6) is 0 Å². The van der Waals surface area contributed by atoms with Gasteiger partial charge in [-0.2, -0.15) is 0 Å². The van der Waals surface area contributed by atoms with Crippen LogP contribution in [0.2, 0.25) is 19.6 Å². The minimum Gasteiger partial charge on any atom is -0.392 e. The first-order valence-corrected chi connectivity index (χ1v) is 9.03. The van der Waals surface area contributed by atoms with E-state index >= 15 is 0 Å². The summed E-state index contributed by atoms with van der Waals surface area (Å²) in [5.74, 6) is 0. The van der Waals surface area contributed by atoms with E-state index in [4.69, 9.17) is 0 Å². The first-order valence-electron chi connectivity index (χ1n) is 5.53. The Morgan fingerprint density at radius 3 is 2.19 bits per heavy atom. The molecule has 0 aliphatic carbocycles. The lowest BCUT2D eigenvalue weighted by molar-refractivity contribution is 0.336. The topological polar surface area (TPSA) is 20.2 Å². The molecule has 86 valence electrons. The summed E-state index contributed by atoms with van der Waals surface area (Å²) < 4.78 is 0. The predicted molar refractivity (Wildman–Crippen MR) is 74.0 cm³/mol. The van der Waals surface area contributed by atoms with Gasteiger partial charge in [0.05, 0.1) is 14.7 Å². The maximum absolute atomic E-state index is 9.41. The molecule has 0 atom stereocenters. The van der Waals surface area contributed by atoms with Crippen molar-refractivity contribution < 1.29 is 5.11 Å². The largest absolute Gasteiger partial charge is 0.392 e. The Labute approximate surface area is 99.1 Å². The second kappa shape index (κ2) is 5.28. The van der Waals surface area contributed by atoms with Crippen molar-refractivity contribution in [1.29, 1.82) is 0 Å². The van der Waals surface area contributed by atoms with Crippen LogP contribution >= 0.6 is 0 Å². The molecule has 0 aliphatic rings. The lowest BCUT2D eigenvalue weighted by Gasteiger charge is -2.24. The second-order valence-corrected chi connectivity index (χ2v) is 9.88. The molecule has 0 fully saturated rings. The standard InChI is InChI=1S/C14H20OSi/c1-5-12(11-15)14(16(2,3)4)13-9-7-6-8-10-13/h5-10,15H,1,11H2,2-4H3/b14-12-. The molecule has 0 saturated carbocycles. The van der Waals surface area contributed by atoms with Crippen molar-refractivity contribution >= 4 is 13.3 Å². The van der Waals surface area contributed by atoms with Gasteiger partial charge in [-0.3, -0.25) is 0 Å². The summed E-state index contributed by atoms with van der Waals surface area (Å²) in [6.45, 7) is 10.7. The van der Waals surface area contributed by atoms with Crippen molar-refractivity contribution in [2.75, 3.05) is 6.61 Å². The molecule has 16 heavy (non-hydrogen) atoms. The van der Waals surface area contributed by atoms with Crippen molar-refractivity contribution in [2.24, 2.45) is 0 Å². The fourth-order valence-electron chi connectivity index (χ4n) is 1.95. The van der Waals surface area contributed by atoms with Crippen LogP contribution in [0.3, 0.4) is 0 Å². The van der Waals surface area contributed by atoms with Gasteiger partial charge in [-0.05, 0) is 16.3 Å². The molecule has 1 aromatic rings. The van der Waals surface area contributed by atoms with E-state index in [1.54, 1.807) is 6.08 Å². The Hall–Kier alpha value is -1.12. The highest BCUT2D eigenvalue weighted by atomic mass is 28.3. The number of rotatable bonds is 4. The van der Waals surface area contributed by atoms with E-state index in [0.29, 0.717) is 0 Å². The smallest absolute Gasteiger partial charge is 0.0788 e. The normalized spacial score (nSPS) is 13.2. The van der Waals surface area contributed by atoms with Crippen LogP contribution in [0.25, 0.3) is 5.20 Å². The monoisotopic (exact) mass is 232 g/mol. The highest BCUT2D eigenvalue weighted by Gasteiger charge is 2.23. The molecule has 1 aromatic carbocycles. The van der Waals surface area contributed by atoms with Gasteiger partial charge in [0.25, 0.3) is 0 Å². The summed E-state index contributed by atoms with van der Waals surface area (Å²) in [7, 11) is -1.48. The summed E-state index contributed by atoms with van der Waals surface area (Å²) in [5.41, 5.74) is 2.18. The zero-order chi connectivity index (χ0) is 12.2.